The van der Waals surface area contributed by atoms with Crippen molar-refractivity contribution in [1.29, 1.82) is 10.7 Å². The molecule has 1 aromatic rings. The lowest BCUT2D eigenvalue weighted by atomic mass is 10.1. The Labute approximate surface area is 125 Å². The number of carbonyl (C=O) groups is 1. The molecule has 1 saturated heterocycles. The maximum absolute atomic E-state index is 11.4. The van der Waals surface area contributed by atoms with E-state index in [0.717, 1.165) is 18.7 Å². The molecule has 1 aromatic carbocycles. The van der Waals surface area contributed by atoms with Crippen LogP contribution in [0.3, 0.4) is 0 Å². The van der Waals surface area contributed by atoms with Crippen LogP contribution in [-0.2, 0) is 4.79 Å². The molecule has 21 heavy (non-hydrogen) atoms. The number of nitrogens with zero attached hydrogens (tertiary/aromatic N) is 2. The third-order valence-electron chi connectivity index (χ3n) is 3.69. The van der Waals surface area contributed by atoms with Gasteiger partial charge in [-0.2, -0.15) is 5.26 Å². The Morgan fingerprint density at radius 1 is 1.14 bits per heavy atom. The number of ketones is 1. The minimum atomic E-state index is -0.561. The lowest BCUT2D eigenvalue weighted by Crippen LogP contribution is -2.23. The van der Waals surface area contributed by atoms with Crippen molar-refractivity contribution in [3.63, 3.8) is 0 Å². The zero-order valence-corrected chi connectivity index (χ0v) is 12.0. The Kier molecular flexibility index (Phi) is 5.28. The second-order valence-corrected chi connectivity index (χ2v) is 5.17. The largest absolute Gasteiger partial charge is 0.372 e. The van der Waals surface area contributed by atoms with Crippen LogP contribution in [0.25, 0.3) is 6.08 Å². The smallest absolute Gasteiger partial charge is 0.213 e. The molecule has 0 spiro atoms. The molecule has 0 aliphatic carbocycles. The van der Waals surface area contributed by atoms with Gasteiger partial charge in [-0.05, 0) is 36.6 Å². The van der Waals surface area contributed by atoms with Gasteiger partial charge in [0.2, 0.25) is 5.78 Å². The van der Waals surface area contributed by atoms with E-state index in [1.54, 1.807) is 0 Å². The minimum Gasteiger partial charge on any atom is -0.372 e. The quantitative estimate of drug-likeness (QED) is 0.523. The van der Waals surface area contributed by atoms with Crippen LogP contribution in [0.2, 0.25) is 0 Å². The molecule has 0 aromatic heterocycles. The second kappa shape index (κ2) is 7.39. The molecule has 2 rings (SSSR count). The number of hydrogen-bond acceptors (Lipinski definition) is 4. The van der Waals surface area contributed by atoms with E-state index in [1.807, 2.05) is 30.3 Å². The number of hydrogen-bond donors (Lipinski definition) is 1. The van der Waals surface area contributed by atoms with Crippen LogP contribution in [0.4, 0.5) is 5.69 Å². The highest BCUT2D eigenvalue weighted by atomic mass is 16.1. The summed E-state index contributed by atoms with van der Waals surface area (Å²) in [5.74, 6) is -0.561. The SMILES string of the molecule is N#CC(=Cc1ccc(N2CCCCCC2)cc1)C(=O)C=N. The van der Waals surface area contributed by atoms with Crippen molar-refractivity contribution in [2.75, 3.05) is 18.0 Å². The van der Waals surface area contributed by atoms with E-state index in [1.165, 1.54) is 37.4 Å². The molecule has 1 heterocycles. The molecule has 0 saturated carbocycles. The molecular formula is C17H19N3O. The van der Waals surface area contributed by atoms with Gasteiger partial charge in [-0.15, -0.1) is 0 Å². The fraction of sp³-hybridized carbons (Fsp3) is 0.353. The summed E-state index contributed by atoms with van der Waals surface area (Å²) >= 11 is 0. The third kappa shape index (κ3) is 4.03. The molecule has 0 radical (unpaired) electrons. The van der Waals surface area contributed by atoms with E-state index >= 15 is 0 Å². The van der Waals surface area contributed by atoms with Gasteiger partial charge in [0, 0.05) is 18.8 Å². The Morgan fingerprint density at radius 3 is 2.29 bits per heavy atom. The van der Waals surface area contributed by atoms with Crippen LogP contribution < -0.4 is 4.90 Å². The van der Waals surface area contributed by atoms with E-state index in [2.05, 4.69) is 4.90 Å². The van der Waals surface area contributed by atoms with Crippen LogP contribution in [0.15, 0.2) is 29.8 Å². The number of Topliss-reactive ketones (excluding diaryl/α,β-unsaturated/α-hetero) is 1. The van der Waals surface area contributed by atoms with Gasteiger partial charge >= 0.3 is 0 Å². The average molecular weight is 281 g/mol. The average Bonchev–Trinajstić information content (AvgIpc) is 2.81. The Hall–Kier alpha value is -2.41. The number of benzene rings is 1. The molecule has 1 aliphatic rings. The second-order valence-electron chi connectivity index (χ2n) is 5.17. The fourth-order valence-electron chi connectivity index (χ4n) is 2.51. The summed E-state index contributed by atoms with van der Waals surface area (Å²) < 4.78 is 0. The van der Waals surface area contributed by atoms with Crippen molar-refractivity contribution in [2.24, 2.45) is 0 Å². The van der Waals surface area contributed by atoms with E-state index in [0.29, 0.717) is 6.21 Å². The van der Waals surface area contributed by atoms with Crippen molar-refractivity contribution in [3.05, 3.63) is 35.4 Å². The van der Waals surface area contributed by atoms with Crippen molar-refractivity contribution < 1.29 is 4.79 Å². The van der Waals surface area contributed by atoms with Gasteiger partial charge in [-0.3, -0.25) is 4.79 Å². The summed E-state index contributed by atoms with van der Waals surface area (Å²) in [5.41, 5.74) is 1.98. The first kappa shape index (κ1) is 15.0. The van der Waals surface area contributed by atoms with Gasteiger partial charge in [0.25, 0.3) is 0 Å². The third-order valence-corrected chi connectivity index (χ3v) is 3.69. The summed E-state index contributed by atoms with van der Waals surface area (Å²) in [5, 5.41) is 15.9. The monoisotopic (exact) mass is 281 g/mol. The Morgan fingerprint density at radius 2 is 1.76 bits per heavy atom. The van der Waals surface area contributed by atoms with Crippen molar-refractivity contribution in [3.8, 4) is 6.07 Å². The predicted molar refractivity (Wildman–Crippen MR) is 84.5 cm³/mol. The lowest BCUT2D eigenvalue weighted by Gasteiger charge is -2.22. The molecule has 0 bridgehead atoms. The maximum Gasteiger partial charge on any atom is 0.213 e. The van der Waals surface area contributed by atoms with Crippen LogP contribution in [0, 0.1) is 16.7 Å². The van der Waals surface area contributed by atoms with Crippen LogP contribution in [-0.4, -0.2) is 25.1 Å². The summed E-state index contributed by atoms with van der Waals surface area (Å²) in [7, 11) is 0. The van der Waals surface area contributed by atoms with Crippen LogP contribution >= 0.6 is 0 Å². The molecule has 4 nitrogen and oxygen atoms in total. The molecule has 0 atom stereocenters. The maximum atomic E-state index is 11.4. The molecule has 108 valence electrons. The molecule has 1 fully saturated rings. The fourth-order valence-corrected chi connectivity index (χ4v) is 2.51. The van der Waals surface area contributed by atoms with Crippen molar-refractivity contribution >= 4 is 23.8 Å². The Bertz CT molecular complexity index is 573. The summed E-state index contributed by atoms with van der Waals surface area (Å²) in [6, 6.07) is 9.72. The molecule has 1 aliphatic heterocycles. The van der Waals surface area contributed by atoms with Crippen molar-refractivity contribution in [1.82, 2.24) is 0 Å². The van der Waals surface area contributed by atoms with Crippen LogP contribution in [0.5, 0.6) is 0 Å². The standard InChI is InChI=1S/C17H19N3O/c18-12-15(17(21)13-19)11-14-5-7-16(8-6-14)20-9-3-1-2-4-10-20/h5-8,11,13,19H,1-4,9-10H2. The minimum absolute atomic E-state index is 0.00692. The number of allylic oxidation sites excluding steroid dienone is 1. The van der Waals surface area contributed by atoms with Gasteiger partial charge in [-0.1, -0.05) is 25.0 Å². The van der Waals surface area contributed by atoms with Gasteiger partial charge in [0.05, 0.1) is 6.21 Å². The zero-order chi connectivity index (χ0) is 15.1. The van der Waals surface area contributed by atoms with E-state index in [4.69, 9.17) is 10.7 Å². The van der Waals surface area contributed by atoms with E-state index in [-0.39, 0.29) is 5.57 Å². The first-order chi connectivity index (χ1) is 10.2. The lowest BCUT2D eigenvalue weighted by molar-refractivity contribution is -0.109. The summed E-state index contributed by atoms with van der Waals surface area (Å²) in [6.07, 6.45) is 7.26. The first-order valence-corrected chi connectivity index (χ1v) is 7.26. The van der Waals surface area contributed by atoms with Gasteiger partial charge in [0.15, 0.2) is 0 Å². The molecular weight excluding hydrogens is 262 g/mol. The highest BCUT2D eigenvalue weighted by Crippen LogP contribution is 2.20. The number of nitrogens with one attached hydrogen (secondary N) is 1. The van der Waals surface area contributed by atoms with Crippen molar-refractivity contribution in [2.45, 2.75) is 25.7 Å². The first-order valence-electron chi connectivity index (χ1n) is 7.26. The van der Waals surface area contributed by atoms with Gasteiger partial charge in [-0.25, -0.2) is 0 Å². The summed E-state index contributed by atoms with van der Waals surface area (Å²) in [4.78, 5) is 13.7. The van der Waals surface area contributed by atoms with Crippen LogP contribution in [0.1, 0.15) is 31.2 Å². The number of carbonyl (C=O) groups excluding carboxylic acids is 1. The zero-order valence-electron chi connectivity index (χ0n) is 12.0. The normalized spacial score (nSPS) is 16.0. The van der Waals surface area contributed by atoms with E-state index in [9.17, 15) is 4.79 Å². The molecule has 0 unspecified atom stereocenters. The molecule has 1 N–H and O–H groups in total. The Balaban J connectivity index is 2.15. The molecule has 0 amide bonds. The highest BCUT2D eigenvalue weighted by Gasteiger charge is 2.10. The van der Waals surface area contributed by atoms with E-state index < -0.39 is 5.78 Å². The van der Waals surface area contributed by atoms with Gasteiger partial charge in [0.1, 0.15) is 11.6 Å². The topological polar surface area (TPSA) is 68.0 Å². The number of anilines is 1. The van der Waals surface area contributed by atoms with Gasteiger partial charge < -0.3 is 10.3 Å². The molecule has 4 heteroatoms. The predicted octanol–water partition coefficient (Wildman–Crippen LogP) is 3.19. The number of nitriles is 1. The number of rotatable bonds is 4. The summed E-state index contributed by atoms with van der Waals surface area (Å²) in [6.45, 7) is 2.18. The highest BCUT2D eigenvalue weighted by molar-refractivity contribution is 6.36.